The van der Waals surface area contributed by atoms with Crippen molar-refractivity contribution < 1.29 is 27.4 Å². The normalized spacial score (nSPS) is 13.2. The molecule has 5 nitrogen and oxygen atoms in total. The molecule has 0 aliphatic carbocycles. The first kappa shape index (κ1) is 28.1. The number of halogens is 3. The van der Waals surface area contributed by atoms with Gasteiger partial charge in [0, 0.05) is 13.1 Å². The average Bonchev–Trinajstić information content (AvgIpc) is 2.88. The van der Waals surface area contributed by atoms with Gasteiger partial charge < -0.3 is 14.8 Å². The number of amides is 1. The van der Waals surface area contributed by atoms with E-state index in [0.29, 0.717) is 24.3 Å². The van der Waals surface area contributed by atoms with Gasteiger partial charge in [0.15, 0.2) is 11.5 Å². The number of hydrogen-bond donors (Lipinski definition) is 2. The summed E-state index contributed by atoms with van der Waals surface area (Å²) in [6.07, 6.45) is -3.39. The van der Waals surface area contributed by atoms with Crippen molar-refractivity contribution in [3.8, 4) is 11.5 Å². The molecule has 198 valence electrons. The molecular weight excluding hydrogens is 481 g/mol. The molecular formula is C29H33F3N2O3. The van der Waals surface area contributed by atoms with Crippen molar-refractivity contribution in [1.29, 1.82) is 0 Å². The molecule has 0 radical (unpaired) electrons. The van der Waals surface area contributed by atoms with Crippen LogP contribution in [-0.2, 0) is 17.4 Å². The number of carbonyl (C=O) groups is 1. The highest BCUT2D eigenvalue weighted by molar-refractivity contribution is 5.83. The van der Waals surface area contributed by atoms with Crippen LogP contribution in [0.15, 0.2) is 72.8 Å². The Labute approximate surface area is 216 Å². The van der Waals surface area contributed by atoms with Crippen molar-refractivity contribution in [3.63, 3.8) is 0 Å². The van der Waals surface area contributed by atoms with Gasteiger partial charge in [0.25, 0.3) is 0 Å². The number of rotatable bonds is 11. The quantitative estimate of drug-likeness (QED) is 0.318. The molecule has 3 rings (SSSR count). The van der Waals surface area contributed by atoms with Crippen molar-refractivity contribution in [3.05, 3.63) is 95.1 Å². The van der Waals surface area contributed by atoms with E-state index in [2.05, 4.69) is 10.6 Å². The second-order valence-corrected chi connectivity index (χ2v) is 8.99. The molecule has 3 aromatic rings. The summed E-state index contributed by atoms with van der Waals surface area (Å²) >= 11 is 0. The highest BCUT2D eigenvalue weighted by Gasteiger charge is 2.30. The Balaban J connectivity index is 1.93. The summed E-state index contributed by atoms with van der Waals surface area (Å²) in [7, 11) is 3.15. The largest absolute Gasteiger partial charge is 0.493 e. The van der Waals surface area contributed by atoms with E-state index in [0.717, 1.165) is 28.8 Å². The molecule has 0 bridgehead atoms. The highest BCUT2D eigenvalue weighted by atomic mass is 19.4. The van der Waals surface area contributed by atoms with Crippen LogP contribution in [-0.4, -0.2) is 26.2 Å². The van der Waals surface area contributed by atoms with E-state index in [1.165, 1.54) is 12.1 Å². The third-order valence-corrected chi connectivity index (χ3v) is 5.97. The van der Waals surface area contributed by atoms with Crippen molar-refractivity contribution in [1.82, 2.24) is 10.6 Å². The zero-order valence-corrected chi connectivity index (χ0v) is 21.4. The van der Waals surface area contributed by atoms with Crippen molar-refractivity contribution in [2.45, 2.75) is 51.1 Å². The van der Waals surface area contributed by atoms with Crippen molar-refractivity contribution >= 4 is 5.91 Å². The number of methoxy groups -OCH3 is 1. The van der Waals surface area contributed by atoms with Gasteiger partial charge in [0.1, 0.15) is 6.04 Å². The maximum absolute atomic E-state index is 13.0. The number of benzene rings is 3. The van der Waals surface area contributed by atoms with E-state index in [-0.39, 0.29) is 18.1 Å². The monoisotopic (exact) mass is 514 g/mol. The average molecular weight is 515 g/mol. The van der Waals surface area contributed by atoms with E-state index >= 15 is 0 Å². The maximum Gasteiger partial charge on any atom is 0.416 e. The Morgan fingerprint density at radius 2 is 1.59 bits per heavy atom. The van der Waals surface area contributed by atoms with Gasteiger partial charge in [-0.1, -0.05) is 48.5 Å². The van der Waals surface area contributed by atoms with Gasteiger partial charge in [0.2, 0.25) is 5.91 Å². The van der Waals surface area contributed by atoms with Gasteiger partial charge in [0.05, 0.1) is 18.8 Å². The molecule has 8 heteroatoms. The lowest BCUT2D eigenvalue weighted by molar-refractivity contribution is -0.137. The molecule has 0 aromatic heterocycles. The van der Waals surface area contributed by atoms with Crippen LogP contribution < -0.4 is 20.1 Å². The van der Waals surface area contributed by atoms with Gasteiger partial charge in [-0.2, -0.15) is 13.2 Å². The standard InChI is InChI=1S/C29H33F3N2O3/c1-19(2)37-25-17-13-22(18-26(25)36-4)24(16-12-20-10-14-23(15-11-20)29(30,31)32)34-27(28(35)33-3)21-8-6-5-7-9-21/h5-11,13-15,17-19,24,27,34H,12,16H2,1-4H3,(H,33,35)/t24-,27?/m1/s1. The molecule has 0 aliphatic rings. The second-order valence-electron chi connectivity index (χ2n) is 8.99. The Kier molecular flexibility index (Phi) is 9.58. The molecule has 2 N–H and O–H groups in total. The zero-order valence-electron chi connectivity index (χ0n) is 21.4. The second kappa shape index (κ2) is 12.6. The van der Waals surface area contributed by atoms with Crippen LogP contribution in [0.1, 0.15) is 54.6 Å². The van der Waals surface area contributed by atoms with Crippen LogP contribution >= 0.6 is 0 Å². The summed E-state index contributed by atoms with van der Waals surface area (Å²) < 4.78 is 50.4. The van der Waals surface area contributed by atoms with Crippen LogP contribution in [0.5, 0.6) is 11.5 Å². The Bertz CT molecular complexity index is 1150. The number of likely N-dealkylation sites (N-methyl/N-ethyl adjacent to an activating group) is 1. The smallest absolute Gasteiger partial charge is 0.416 e. The first-order valence-electron chi connectivity index (χ1n) is 12.2. The fraction of sp³-hybridized carbons (Fsp3) is 0.345. The molecule has 0 spiro atoms. The van der Waals surface area contributed by atoms with E-state index in [9.17, 15) is 18.0 Å². The fourth-order valence-electron chi connectivity index (χ4n) is 4.08. The third-order valence-electron chi connectivity index (χ3n) is 5.97. The third kappa shape index (κ3) is 7.73. The predicted molar refractivity (Wildman–Crippen MR) is 138 cm³/mol. The molecule has 3 aromatic carbocycles. The maximum atomic E-state index is 13.0. The number of alkyl halides is 3. The van der Waals surface area contributed by atoms with Gasteiger partial charge in [-0.25, -0.2) is 0 Å². The Morgan fingerprint density at radius 3 is 2.16 bits per heavy atom. The minimum atomic E-state index is -4.38. The summed E-state index contributed by atoms with van der Waals surface area (Å²) in [6, 6.07) is 19.2. The predicted octanol–water partition coefficient (Wildman–Crippen LogP) is 6.25. The van der Waals surface area contributed by atoms with E-state index in [1.54, 1.807) is 14.2 Å². The van der Waals surface area contributed by atoms with E-state index in [1.807, 2.05) is 62.4 Å². The summed E-state index contributed by atoms with van der Waals surface area (Å²) in [4.78, 5) is 12.9. The first-order valence-corrected chi connectivity index (χ1v) is 12.2. The van der Waals surface area contributed by atoms with Crippen LogP contribution in [0.3, 0.4) is 0 Å². The Morgan fingerprint density at radius 1 is 0.919 bits per heavy atom. The molecule has 0 saturated carbocycles. The summed E-state index contributed by atoms with van der Waals surface area (Å²) in [5.41, 5.74) is 1.75. The molecule has 1 amide bonds. The number of aryl methyl sites for hydroxylation is 1. The fourth-order valence-corrected chi connectivity index (χ4v) is 4.08. The van der Waals surface area contributed by atoms with Crippen LogP contribution in [0.4, 0.5) is 13.2 Å². The van der Waals surface area contributed by atoms with Gasteiger partial charge in [-0.05, 0) is 67.6 Å². The minimum absolute atomic E-state index is 0.0379. The molecule has 37 heavy (non-hydrogen) atoms. The van der Waals surface area contributed by atoms with Crippen molar-refractivity contribution in [2.24, 2.45) is 0 Å². The minimum Gasteiger partial charge on any atom is -0.493 e. The number of nitrogens with one attached hydrogen (secondary N) is 2. The lowest BCUT2D eigenvalue weighted by atomic mass is 9.95. The van der Waals surface area contributed by atoms with E-state index < -0.39 is 17.8 Å². The molecule has 0 saturated heterocycles. The summed E-state index contributed by atoms with van der Waals surface area (Å²) in [6.45, 7) is 3.85. The van der Waals surface area contributed by atoms with Gasteiger partial charge in [-0.3, -0.25) is 10.1 Å². The number of ether oxygens (including phenoxy) is 2. The van der Waals surface area contributed by atoms with E-state index in [4.69, 9.17) is 9.47 Å². The SMILES string of the molecule is CNC(=O)C(N[C@H](CCc1ccc(C(F)(F)F)cc1)c1ccc(OC(C)C)c(OC)c1)c1ccccc1. The first-order chi connectivity index (χ1) is 17.6. The summed E-state index contributed by atoms with van der Waals surface area (Å²) in [5.74, 6) is 0.967. The van der Waals surface area contributed by atoms with Crippen LogP contribution in [0, 0.1) is 0 Å². The number of hydrogen-bond acceptors (Lipinski definition) is 4. The molecule has 1 unspecified atom stereocenters. The highest BCUT2D eigenvalue weighted by Crippen LogP contribution is 2.34. The Hall–Kier alpha value is -3.52. The van der Waals surface area contributed by atoms with Crippen molar-refractivity contribution in [2.75, 3.05) is 14.2 Å². The van der Waals surface area contributed by atoms with Crippen LogP contribution in [0.25, 0.3) is 0 Å². The van der Waals surface area contributed by atoms with Crippen LogP contribution in [0.2, 0.25) is 0 Å². The lowest BCUT2D eigenvalue weighted by Crippen LogP contribution is -2.38. The number of carbonyl (C=O) groups excluding carboxylic acids is 1. The molecule has 0 aliphatic heterocycles. The molecule has 0 fully saturated rings. The van der Waals surface area contributed by atoms with Gasteiger partial charge in [-0.15, -0.1) is 0 Å². The lowest BCUT2D eigenvalue weighted by Gasteiger charge is -2.27. The molecule has 2 atom stereocenters. The zero-order chi connectivity index (χ0) is 27.0. The molecule has 0 heterocycles. The summed E-state index contributed by atoms with van der Waals surface area (Å²) in [5, 5.41) is 6.18. The van der Waals surface area contributed by atoms with Gasteiger partial charge >= 0.3 is 6.18 Å². The topological polar surface area (TPSA) is 59.6 Å².